The zero-order valence-corrected chi connectivity index (χ0v) is 11.1. The Morgan fingerprint density at radius 1 is 1.29 bits per heavy atom. The molecule has 0 bridgehead atoms. The molecule has 2 unspecified atom stereocenters. The van der Waals surface area contributed by atoms with E-state index in [1.807, 2.05) is 20.8 Å². The molecule has 102 valence electrons. The van der Waals surface area contributed by atoms with Crippen LogP contribution < -0.4 is 0 Å². The Kier molecular flexibility index (Phi) is 6.99. The van der Waals surface area contributed by atoms with Crippen molar-refractivity contribution in [3.05, 3.63) is 0 Å². The van der Waals surface area contributed by atoms with Crippen molar-refractivity contribution in [2.24, 2.45) is 0 Å². The van der Waals surface area contributed by atoms with Gasteiger partial charge in [0.25, 0.3) is 0 Å². The molecule has 0 saturated carbocycles. The van der Waals surface area contributed by atoms with E-state index in [0.29, 0.717) is 13.2 Å². The van der Waals surface area contributed by atoms with Crippen LogP contribution in [0, 0.1) is 0 Å². The second-order valence-electron chi connectivity index (χ2n) is 4.31. The molecular weight excluding hydrogens is 222 g/mol. The zero-order chi connectivity index (χ0) is 12.7. The summed E-state index contributed by atoms with van der Waals surface area (Å²) in [5.41, 5.74) is 0. The van der Waals surface area contributed by atoms with Crippen molar-refractivity contribution in [2.45, 2.75) is 39.3 Å². The molecule has 0 radical (unpaired) electrons. The molecule has 0 amide bonds. The Hall–Kier alpha value is -0.200. The molecule has 0 aliphatic carbocycles. The fraction of sp³-hybridized carbons (Fsp3) is 1.00. The van der Waals surface area contributed by atoms with Crippen LogP contribution in [-0.4, -0.2) is 68.0 Å². The van der Waals surface area contributed by atoms with Crippen LogP contribution in [0.25, 0.3) is 0 Å². The lowest BCUT2D eigenvalue weighted by atomic mass is 10.2. The van der Waals surface area contributed by atoms with Crippen molar-refractivity contribution < 1.29 is 19.3 Å². The minimum absolute atomic E-state index is 0.0643. The molecule has 0 aromatic carbocycles. The van der Waals surface area contributed by atoms with Gasteiger partial charge in [-0.25, -0.2) is 0 Å². The largest absolute Gasteiger partial charge is 0.394 e. The SMILES string of the molecule is CCOC(CN1CC(C)OC(CO)C1)OCC. The first kappa shape index (κ1) is 14.9. The molecule has 2 atom stereocenters. The molecule has 1 aliphatic heterocycles. The van der Waals surface area contributed by atoms with Crippen molar-refractivity contribution in [3.8, 4) is 0 Å². The van der Waals surface area contributed by atoms with Crippen LogP contribution in [0.2, 0.25) is 0 Å². The number of aliphatic hydroxyl groups excluding tert-OH is 1. The third kappa shape index (κ3) is 5.31. The Morgan fingerprint density at radius 2 is 1.94 bits per heavy atom. The van der Waals surface area contributed by atoms with E-state index in [1.165, 1.54) is 0 Å². The Labute approximate surface area is 104 Å². The molecule has 1 aliphatic rings. The molecule has 1 rings (SSSR count). The normalized spacial score (nSPS) is 26.6. The summed E-state index contributed by atoms with van der Waals surface area (Å²) in [7, 11) is 0. The number of nitrogens with zero attached hydrogens (tertiary/aromatic N) is 1. The van der Waals surface area contributed by atoms with Gasteiger partial charge in [-0.05, 0) is 20.8 Å². The van der Waals surface area contributed by atoms with Crippen LogP contribution in [0.4, 0.5) is 0 Å². The number of morpholine rings is 1. The van der Waals surface area contributed by atoms with Crippen LogP contribution in [0.5, 0.6) is 0 Å². The van der Waals surface area contributed by atoms with E-state index < -0.39 is 0 Å². The third-order valence-corrected chi connectivity index (χ3v) is 2.72. The van der Waals surface area contributed by atoms with Gasteiger partial charge < -0.3 is 19.3 Å². The van der Waals surface area contributed by atoms with Crippen molar-refractivity contribution in [1.29, 1.82) is 0 Å². The van der Waals surface area contributed by atoms with Gasteiger partial charge in [0, 0.05) is 32.8 Å². The van der Waals surface area contributed by atoms with Crippen molar-refractivity contribution >= 4 is 0 Å². The number of rotatable bonds is 7. The van der Waals surface area contributed by atoms with E-state index >= 15 is 0 Å². The smallest absolute Gasteiger partial charge is 0.170 e. The predicted molar refractivity (Wildman–Crippen MR) is 64.9 cm³/mol. The van der Waals surface area contributed by atoms with E-state index in [4.69, 9.17) is 19.3 Å². The van der Waals surface area contributed by atoms with Crippen LogP contribution in [0.3, 0.4) is 0 Å². The molecule has 1 N–H and O–H groups in total. The summed E-state index contributed by atoms with van der Waals surface area (Å²) in [6.07, 6.45) is -0.137. The van der Waals surface area contributed by atoms with Crippen molar-refractivity contribution in [1.82, 2.24) is 4.90 Å². The van der Waals surface area contributed by atoms with Gasteiger partial charge in [-0.2, -0.15) is 0 Å². The minimum atomic E-state index is -0.186. The summed E-state index contributed by atoms with van der Waals surface area (Å²) >= 11 is 0. The van der Waals surface area contributed by atoms with Crippen LogP contribution >= 0.6 is 0 Å². The molecule has 5 nitrogen and oxygen atoms in total. The van der Waals surface area contributed by atoms with Gasteiger partial charge in [0.15, 0.2) is 6.29 Å². The maximum Gasteiger partial charge on any atom is 0.170 e. The average molecular weight is 247 g/mol. The quantitative estimate of drug-likeness (QED) is 0.663. The lowest BCUT2D eigenvalue weighted by Gasteiger charge is -2.37. The van der Waals surface area contributed by atoms with Gasteiger partial charge in [-0.3, -0.25) is 4.90 Å². The van der Waals surface area contributed by atoms with Crippen molar-refractivity contribution in [2.75, 3.05) is 39.5 Å². The minimum Gasteiger partial charge on any atom is -0.394 e. The van der Waals surface area contributed by atoms with E-state index in [9.17, 15) is 0 Å². The van der Waals surface area contributed by atoms with Gasteiger partial charge in [0.2, 0.25) is 0 Å². The fourth-order valence-corrected chi connectivity index (χ4v) is 2.13. The second kappa shape index (κ2) is 8.00. The first-order valence-electron chi connectivity index (χ1n) is 6.41. The summed E-state index contributed by atoms with van der Waals surface area (Å²) in [5, 5.41) is 9.15. The van der Waals surface area contributed by atoms with Gasteiger partial charge in [-0.1, -0.05) is 0 Å². The van der Waals surface area contributed by atoms with E-state index in [2.05, 4.69) is 4.90 Å². The zero-order valence-electron chi connectivity index (χ0n) is 11.1. The highest BCUT2D eigenvalue weighted by Crippen LogP contribution is 2.12. The third-order valence-electron chi connectivity index (χ3n) is 2.72. The standard InChI is InChI=1S/C12H25NO4/c1-4-15-12(16-5-2)8-13-6-10(3)17-11(7-13)9-14/h10-12,14H,4-9H2,1-3H3. The summed E-state index contributed by atoms with van der Waals surface area (Å²) < 4.78 is 16.6. The number of hydrogen-bond acceptors (Lipinski definition) is 5. The first-order valence-corrected chi connectivity index (χ1v) is 6.41. The lowest BCUT2D eigenvalue weighted by Crippen LogP contribution is -2.50. The molecule has 0 aromatic heterocycles. The predicted octanol–water partition coefficient (Wildman–Crippen LogP) is 0.467. The topological polar surface area (TPSA) is 51.2 Å². The molecule has 0 spiro atoms. The van der Waals surface area contributed by atoms with E-state index in [1.54, 1.807) is 0 Å². The molecule has 0 aromatic rings. The maximum atomic E-state index is 9.15. The number of hydrogen-bond donors (Lipinski definition) is 1. The van der Waals surface area contributed by atoms with Gasteiger partial charge in [-0.15, -0.1) is 0 Å². The fourth-order valence-electron chi connectivity index (χ4n) is 2.13. The van der Waals surface area contributed by atoms with E-state index in [-0.39, 0.29) is 25.1 Å². The highest BCUT2D eigenvalue weighted by atomic mass is 16.7. The second-order valence-corrected chi connectivity index (χ2v) is 4.31. The van der Waals surface area contributed by atoms with Gasteiger partial charge >= 0.3 is 0 Å². The Bertz CT molecular complexity index is 197. The summed E-state index contributed by atoms with van der Waals surface area (Å²) in [6, 6.07) is 0. The Morgan fingerprint density at radius 3 is 2.47 bits per heavy atom. The average Bonchev–Trinajstić information content (AvgIpc) is 2.29. The molecule has 5 heteroatoms. The van der Waals surface area contributed by atoms with Crippen LogP contribution in [0.15, 0.2) is 0 Å². The Balaban J connectivity index is 2.41. The highest BCUT2D eigenvalue weighted by Gasteiger charge is 2.26. The molecule has 17 heavy (non-hydrogen) atoms. The maximum absolute atomic E-state index is 9.15. The molecule has 1 heterocycles. The molecular formula is C12H25NO4. The van der Waals surface area contributed by atoms with Crippen LogP contribution in [0.1, 0.15) is 20.8 Å². The number of ether oxygens (including phenoxy) is 3. The highest BCUT2D eigenvalue weighted by molar-refractivity contribution is 4.76. The first-order chi connectivity index (χ1) is 8.19. The lowest BCUT2D eigenvalue weighted by molar-refractivity contribution is -0.166. The summed E-state index contributed by atoms with van der Waals surface area (Å²) in [4.78, 5) is 2.23. The molecule has 1 fully saturated rings. The van der Waals surface area contributed by atoms with Crippen LogP contribution in [-0.2, 0) is 14.2 Å². The van der Waals surface area contributed by atoms with Gasteiger partial charge in [0.1, 0.15) is 0 Å². The molecule has 1 saturated heterocycles. The monoisotopic (exact) mass is 247 g/mol. The van der Waals surface area contributed by atoms with E-state index in [0.717, 1.165) is 19.6 Å². The van der Waals surface area contributed by atoms with Crippen molar-refractivity contribution in [3.63, 3.8) is 0 Å². The summed E-state index contributed by atoms with van der Waals surface area (Å²) in [5.74, 6) is 0. The summed E-state index contributed by atoms with van der Waals surface area (Å²) in [6.45, 7) is 9.62. The van der Waals surface area contributed by atoms with Gasteiger partial charge in [0.05, 0.1) is 18.8 Å². The number of aliphatic hydroxyl groups is 1.